The van der Waals surface area contributed by atoms with E-state index in [1.165, 1.54) is 0 Å². The molecule has 4 aliphatic carbocycles. The number of hydrogen-bond acceptors (Lipinski definition) is 6. The van der Waals surface area contributed by atoms with Gasteiger partial charge in [0.2, 0.25) is 0 Å². The van der Waals surface area contributed by atoms with E-state index in [1.54, 1.807) is 0 Å². The summed E-state index contributed by atoms with van der Waals surface area (Å²) >= 11 is 0. The van der Waals surface area contributed by atoms with Gasteiger partial charge in [-0.3, -0.25) is 9.59 Å². The number of allylic oxidation sites excluding steroid dienone is 5. The van der Waals surface area contributed by atoms with Gasteiger partial charge in [0, 0.05) is 35.0 Å². The first-order valence-corrected chi connectivity index (χ1v) is 13.8. The zero-order valence-electron chi connectivity index (χ0n) is 23.4. The molecular weight excluding hydrogens is 480 g/mol. The smallest absolute Gasteiger partial charge is 0.178 e. The number of ether oxygens (including phenoxy) is 3. The Morgan fingerprint density at radius 3 is 2.53 bits per heavy atom. The zero-order valence-corrected chi connectivity index (χ0v) is 23.4. The largest absolute Gasteiger partial charge is 0.486 e. The second kappa shape index (κ2) is 8.15. The summed E-state index contributed by atoms with van der Waals surface area (Å²) in [6.45, 7) is 14.0. The number of aliphatic hydroxyl groups excluding tert-OH is 1. The van der Waals surface area contributed by atoms with Crippen molar-refractivity contribution in [2.24, 2.45) is 17.8 Å². The molecular formula is C32H38O6. The van der Waals surface area contributed by atoms with E-state index in [1.807, 2.05) is 72.8 Å². The fourth-order valence-electron chi connectivity index (χ4n) is 7.64. The van der Waals surface area contributed by atoms with Crippen LogP contribution in [-0.4, -0.2) is 45.7 Å². The SMILES string of the molecule is CC(C)=CCC1=C2O[C@]34C(=C[C@@H]5C[C@H]3C(C)(C)O[C@@]4(CC=C(C)C)C5=O)C(=O)[C@@H]2C(O)C2=C1OC(C)C=C2. The molecule has 3 fully saturated rings. The van der Waals surface area contributed by atoms with Gasteiger partial charge in [0.05, 0.1) is 11.7 Å². The molecule has 0 aromatic carbocycles. The lowest BCUT2D eigenvalue weighted by Gasteiger charge is -2.58. The molecule has 6 nitrogen and oxygen atoms in total. The maximum atomic E-state index is 14.5. The van der Waals surface area contributed by atoms with E-state index < -0.39 is 34.7 Å². The minimum absolute atomic E-state index is 0.0139. The van der Waals surface area contributed by atoms with Gasteiger partial charge in [0.1, 0.15) is 23.5 Å². The summed E-state index contributed by atoms with van der Waals surface area (Å²) in [6, 6.07) is 0. The van der Waals surface area contributed by atoms with Crippen LogP contribution in [0.15, 0.2) is 69.8 Å². The van der Waals surface area contributed by atoms with Gasteiger partial charge in [-0.1, -0.05) is 35.5 Å². The van der Waals surface area contributed by atoms with Crippen LogP contribution in [0.2, 0.25) is 0 Å². The summed E-state index contributed by atoms with van der Waals surface area (Å²) in [5.41, 5.74) is 0.844. The highest BCUT2D eigenvalue weighted by Crippen LogP contribution is 2.69. The van der Waals surface area contributed by atoms with Gasteiger partial charge in [0.15, 0.2) is 22.8 Å². The first kappa shape index (κ1) is 25.6. The third-order valence-electron chi connectivity index (χ3n) is 9.29. The van der Waals surface area contributed by atoms with E-state index in [-0.39, 0.29) is 23.6 Å². The van der Waals surface area contributed by atoms with Gasteiger partial charge < -0.3 is 19.3 Å². The Hall–Kier alpha value is -2.70. The van der Waals surface area contributed by atoms with Crippen molar-refractivity contribution in [3.63, 3.8) is 0 Å². The predicted octanol–water partition coefficient (Wildman–Crippen LogP) is 5.20. The summed E-state index contributed by atoms with van der Waals surface area (Å²) in [6.07, 6.45) is 9.84. The molecule has 1 saturated carbocycles. The third kappa shape index (κ3) is 3.13. The normalized spacial score (nSPS) is 39.6. The summed E-state index contributed by atoms with van der Waals surface area (Å²) in [4.78, 5) is 28.6. The first-order chi connectivity index (χ1) is 17.8. The van der Waals surface area contributed by atoms with Crippen molar-refractivity contribution in [1.82, 2.24) is 0 Å². The summed E-state index contributed by atoms with van der Waals surface area (Å²) in [5, 5.41) is 11.6. The van der Waals surface area contributed by atoms with Crippen molar-refractivity contribution in [1.29, 1.82) is 0 Å². The van der Waals surface area contributed by atoms with E-state index >= 15 is 0 Å². The molecule has 0 amide bonds. The Morgan fingerprint density at radius 1 is 1.13 bits per heavy atom. The monoisotopic (exact) mass is 518 g/mol. The highest BCUT2D eigenvalue weighted by molar-refractivity contribution is 6.09. The van der Waals surface area contributed by atoms with Gasteiger partial charge in [-0.15, -0.1) is 0 Å². The van der Waals surface area contributed by atoms with Crippen molar-refractivity contribution < 1.29 is 28.9 Å². The minimum Gasteiger partial charge on any atom is -0.486 e. The average Bonchev–Trinajstić information content (AvgIpc) is 2.99. The van der Waals surface area contributed by atoms with Crippen LogP contribution in [0.5, 0.6) is 0 Å². The van der Waals surface area contributed by atoms with Gasteiger partial charge in [-0.25, -0.2) is 0 Å². The van der Waals surface area contributed by atoms with E-state index in [9.17, 15) is 14.7 Å². The zero-order chi connectivity index (χ0) is 27.4. The standard InChI is InChI=1S/C32H38O6/c1-16(2)8-10-21-27-20(11-9-18(5)36-27)25(33)24-26(34)22-14-19-15-23-30(6,7)38-31(29(19)35,13-12-17(3)4)32(22,23)37-28(21)24/h8-9,11-12,14,18-19,23-25,33H,10,13,15H2,1-7H3/t18?,19-,23+,24+,25?,31+,32-/m1/s1. The molecule has 7 aliphatic rings. The fourth-order valence-corrected chi connectivity index (χ4v) is 7.64. The van der Waals surface area contributed by atoms with Crippen LogP contribution in [0.3, 0.4) is 0 Å². The first-order valence-electron chi connectivity index (χ1n) is 13.8. The number of carbonyl (C=O) groups excluding carboxylic acids is 2. The summed E-state index contributed by atoms with van der Waals surface area (Å²) in [7, 11) is 0. The number of carbonyl (C=O) groups is 2. The number of ketones is 2. The van der Waals surface area contributed by atoms with Gasteiger partial charge in [-0.2, -0.15) is 0 Å². The molecule has 6 heteroatoms. The molecule has 0 radical (unpaired) electrons. The molecule has 2 saturated heterocycles. The Morgan fingerprint density at radius 2 is 1.84 bits per heavy atom. The highest BCUT2D eigenvalue weighted by atomic mass is 16.6. The number of fused-ring (bicyclic) bond motifs is 1. The number of hydrogen-bond donors (Lipinski definition) is 1. The van der Waals surface area contributed by atoms with E-state index in [0.29, 0.717) is 41.9 Å². The Balaban J connectivity index is 1.62. The fraction of sp³-hybridized carbons (Fsp3) is 0.562. The lowest BCUT2D eigenvalue weighted by atomic mass is 9.50. The van der Waals surface area contributed by atoms with Crippen LogP contribution in [0.25, 0.3) is 0 Å². The van der Waals surface area contributed by atoms with Crippen molar-refractivity contribution >= 4 is 11.6 Å². The molecule has 0 aromatic heterocycles. The second-order valence-electron chi connectivity index (χ2n) is 12.8. The molecule has 4 bridgehead atoms. The van der Waals surface area contributed by atoms with Gasteiger partial charge in [-0.05, 0) is 67.4 Å². The molecule has 1 N–H and O–H groups in total. The second-order valence-corrected chi connectivity index (χ2v) is 12.8. The van der Waals surface area contributed by atoms with Crippen molar-refractivity contribution in [3.8, 4) is 0 Å². The van der Waals surface area contributed by atoms with Gasteiger partial charge >= 0.3 is 0 Å². The van der Waals surface area contributed by atoms with E-state index in [4.69, 9.17) is 14.2 Å². The maximum Gasteiger partial charge on any atom is 0.178 e. The Kier molecular flexibility index (Phi) is 5.49. The highest BCUT2D eigenvalue weighted by Gasteiger charge is 2.81. The van der Waals surface area contributed by atoms with Crippen LogP contribution >= 0.6 is 0 Å². The topological polar surface area (TPSA) is 82.1 Å². The van der Waals surface area contributed by atoms with Crippen LogP contribution in [0.4, 0.5) is 0 Å². The van der Waals surface area contributed by atoms with Crippen molar-refractivity contribution in [3.05, 3.63) is 69.8 Å². The molecule has 1 spiro atoms. The van der Waals surface area contributed by atoms with Crippen LogP contribution < -0.4 is 0 Å². The Bertz CT molecular complexity index is 1330. The minimum atomic E-state index is -1.30. The van der Waals surface area contributed by atoms with Crippen LogP contribution in [0.1, 0.15) is 67.7 Å². The lowest BCUT2D eigenvalue weighted by molar-refractivity contribution is -0.188. The van der Waals surface area contributed by atoms with Crippen molar-refractivity contribution in [2.45, 2.75) is 96.7 Å². The number of Topliss-reactive ketones (excluding diaryl/α,β-unsaturated/α-hetero) is 2. The molecule has 3 heterocycles. The molecule has 38 heavy (non-hydrogen) atoms. The Labute approximate surface area is 224 Å². The van der Waals surface area contributed by atoms with Crippen molar-refractivity contribution in [2.75, 3.05) is 0 Å². The quantitative estimate of drug-likeness (QED) is 0.515. The van der Waals surface area contributed by atoms with Crippen LogP contribution in [-0.2, 0) is 23.8 Å². The van der Waals surface area contributed by atoms with Gasteiger partial charge in [0.25, 0.3) is 0 Å². The molecule has 7 rings (SSSR count). The van der Waals surface area contributed by atoms with E-state index in [2.05, 4.69) is 6.08 Å². The summed E-state index contributed by atoms with van der Waals surface area (Å²) < 4.78 is 20.2. The predicted molar refractivity (Wildman–Crippen MR) is 143 cm³/mol. The number of aliphatic hydroxyl groups is 1. The molecule has 7 atom stereocenters. The average molecular weight is 519 g/mol. The molecule has 3 aliphatic heterocycles. The summed E-state index contributed by atoms with van der Waals surface area (Å²) in [5.74, 6) is -0.651. The third-order valence-corrected chi connectivity index (χ3v) is 9.29. The van der Waals surface area contributed by atoms with E-state index in [0.717, 1.165) is 16.7 Å². The molecule has 202 valence electrons. The molecule has 2 unspecified atom stereocenters. The number of rotatable bonds is 4. The lowest BCUT2D eigenvalue weighted by Crippen LogP contribution is -2.72. The van der Waals surface area contributed by atoms with Crippen LogP contribution in [0, 0.1) is 17.8 Å². The maximum absolute atomic E-state index is 14.5. The molecule has 0 aromatic rings.